The molecule has 5 heteroatoms. The van der Waals surface area contributed by atoms with Crippen molar-refractivity contribution in [1.29, 1.82) is 0 Å². The molecular formula is C15H23N3O2. The number of carbonyl (C=O) groups is 1. The fraction of sp³-hybridized carbons (Fsp3) is 0.467. The number of amides is 1. The summed E-state index contributed by atoms with van der Waals surface area (Å²) in [5.41, 5.74) is 5.88. The van der Waals surface area contributed by atoms with E-state index in [0.717, 1.165) is 12.1 Å². The molecule has 0 aliphatic carbocycles. The fourth-order valence-corrected chi connectivity index (χ4v) is 1.75. The molecule has 0 bridgehead atoms. The van der Waals surface area contributed by atoms with Gasteiger partial charge in [0, 0.05) is 24.1 Å². The van der Waals surface area contributed by atoms with Crippen molar-refractivity contribution in [2.75, 3.05) is 11.4 Å². The normalized spacial score (nSPS) is 12.2. The second-order valence-corrected chi connectivity index (χ2v) is 5.37. The van der Waals surface area contributed by atoms with Gasteiger partial charge in [-0.05, 0) is 18.6 Å². The average Bonchev–Trinajstić information content (AvgIpc) is 2.47. The van der Waals surface area contributed by atoms with Crippen LogP contribution in [0.5, 0.6) is 0 Å². The molecular weight excluding hydrogens is 254 g/mol. The second kappa shape index (κ2) is 6.93. The van der Waals surface area contributed by atoms with Crippen molar-refractivity contribution in [2.45, 2.75) is 33.6 Å². The van der Waals surface area contributed by atoms with Crippen LogP contribution in [0, 0.1) is 5.41 Å². The highest BCUT2D eigenvalue weighted by Gasteiger charge is 2.30. The largest absolute Gasteiger partial charge is 0.409 e. The van der Waals surface area contributed by atoms with E-state index in [2.05, 4.69) is 5.16 Å². The van der Waals surface area contributed by atoms with Gasteiger partial charge in [0.1, 0.15) is 5.84 Å². The molecule has 0 radical (unpaired) electrons. The van der Waals surface area contributed by atoms with E-state index < -0.39 is 5.41 Å². The van der Waals surface area contributed by atoms with E-state index in [-0.39, 0.29) is 11.7 Å². The zero-order chi connectivity index (χ0) is 15.2. The third kappa shape index (κ3) is 3.98. The van der Waals surface area contributed by atoms with Crippen LogP contribution in [-0.4, -0.2) is 23.5 Å². The first-order valence-electron chi connectivity index (χ1n) is 6.75. The Balaban J connectivity index is 2.99. The van der Waals surface area contributed by atoms with Crippen molar-refractivity contribution in [3.05, 3.63) is 30.3 Å². The molecule has 110 valence electrons. The standard InChI is InChI=1S/C15H23N3O2/c1-4-15(2,3)14(19)18(11-10-13(16)17-20)12-8-6-5-7-9-12/h5-9,20H,4,10-11H2,1-3H3,(H2,16,17). The molecule has 0 aromatic heterocycles. The summed E-state index contributed by atoms with van der Waals surface area (Å²) in [6.45, 7) is 6.23. The third-order valence-electron chi connectivity index (χ3n) is 3.50. The van der Waals surface area contributed by atoms with Crippen LogP contribution in [0.1, 0.15) is 33.6 Å². The van der Waals surface area contributed by atoms with Crippen molar-refractivity contribution < 1.29 is 10.0 Å². The Hall–Kier alpha value is -2.04. The Morgan fingerprint density at radius 1 is 1.35 bits per heavy atom. The van der Waals surface area contributed by atoms with Gasteiger partial charge >= 0.3 is 0 Å². The molecule has 5 nitrogen and oxygen atoms in total. The van der Waals surface area contributed by atoms with Crippen molar-refractivity contribution in [2.24, 2.45) is 16.3 Å². The van der Waals surface area contributed by atoms with Gasteiger partial charge in [0.05, 0.1) is 0 Å². The van der Waals surface area contributed by atoms with E-state index in [1.165, 1.54) is 0 Å². The van der Waals surface area contributed by atoms with Crippen LogP contribution in [0.25, 0.3) is 0 Å². The van der Waals surface area contributed by atoms with E-state index in [1.54, 1.807) is 4.90 Å². The number of hydrogen-bond donors (Lipinski definition) is 2. The maximum absolute atomic E-state index is 12.7. The smallest absolute Gasteiger partial charge is 0.232 e. The Morgan fingerprint density at radius 2 is 1.95 bits per heavy atom. The van der Waals surface area contributed by atoms with Crippen molar-refractivity contribution in [3.8, 4) is 0 Å². The Bertz CT molecular complexity index is 469. The van der Waals surface area contributed by atoms with Crippen LogP contribution in [0.2, 0.25) is 0 Å². The number of nitrogens with two attached hydrogens (primary N) is 1. The summed E-state index contributed by atoms with van der Waals surface area (Å²) in [6, 6.07) is 9.45. The molecule has 0 aliphatic heterocycles. The number of hydrogen-bond acceptors (Lipinski definition) is 3. The lowest BCUT2D eigenvalue weighted by molar-refractivity contribution is -0.126. The number of amidine groups is 1. The summed E-state index contributed by atoms with van der Waals surface area (Å²) in [4.78, 5) is 14.4. The van der Waals surface area contributed by atoms with Crippen LogP contribution in [-0.2, 0) is 4.79 Å². The van der Waals surface area contributed by atoms with Gasteiger partial charge < -0.3 is 15.8 Å². The molecule has 0 spiro atoms. The molecule has 0 saturated heterocycles. The Morgan fingerprint density at radius 3 is 2.45 bits per heavy atom. The molecule has 0 fully saturated rings. The predicted octanol–water partition coefficient (Wildman–Crippen LogP) is 2.59. The van der Waals surface area contributed by atoms with Gasteiger partial charge in [-0.15, -0.1) is 0 Å². The van der Waals surface area contributed by atoms with Gasteiger partial charge in [-0.3, -0.25) is 4.79 Å². The van der Waals surface area contributed by atoms with Crippen molar-refractivity contribution >= 4 is 17.4 Å². The molecule has 0 heterocycles. The van der Waals surface area contributed by atoms with Crippen LogP contribution in [0.15, 0.2) is 35.5 Å². The first kappa shape index (κ1) is 16.0. The lowest BCUT2D eigenvalue weighted by atomic mass is 9.88. The van der Waals surface area contributed by atoms with Crippen LogP contribution >= 0.6 is 0 Å². The van der Waals surface area contributed by atoms with Crippen molar-refractivity contribution in [3.63, 3.8) is 0 Å². The lowest BCUT2D eigenvalue weighted by Crippen LogP contribution is -2.42. The topological polar surface area (TPSA) is 78.9 Å². The number of carbonyl (C=O) groups excluding carboxylic acids is 1. The molecule has 1 aromatic rings. The minimum Gasteiger partial charge on any atom is -0.409 e. The van der Waals surface area contributed by atoms with Crippen LogP contribution < -0.4 is 10.6 Å². The zero-order valence-electron chi connectivity index (χ0n) is 12.3. The van der Waals surface area contributed by atoms with E-state index in [9.17, 15) is 4.79 Å². The van der Waals surface area contributed by atoms with E-state index in [0.29, 0.717) is 13.0 Å². The molecule has 1 aromatic carbocycles. The summed E-state index contributed by atoms with van der Waals surface area (Å²) >= 11 is 0. The minimum atomic E-state index is -0.443. The fourth-order valence-electron chi connectivity index (χ4n) is 1.75. The maximum atomic E-state index is 12.7. The molecule has 0 atom stereocenters. The summed E-state index contributed by atoms with van der Waals surface area (Å²) in [5.74, 6) is 0.157. The molecule has 1 amide bonds. The Kier molecular flexibility index (Phi) is 5.55. The number of oxime groups is 1. The monoisotopic (exact) mass is 277 g/mol. The quantitative estimate of drug-likeness (QED) is 0.363. The van der Waals surface area contributed by atoms with Gasteiger partial charge in [0.2, 0.25) is 5.91 Å². The van der Waals surface area contributed by atoms with Gasteiger partial charge in [-0.1, -0.05) is 44.1 Å². The molecule has 0 unspecified atom stereocenters. The third-order valence-corrected chi connectivity index (χ3v) is 3.50. The Labute approximate surface area is 120 Å². The second-order valence-electron chi connectivity index (χ2n) is 5.37. The molecule has 0 aliphatic rings. The average molecular weight is 277 g/mol. The number of para-hydroxylation sites is 1. The number of benzene rings is 1. The molecule has 1 rings (SSSR count). The van der Waals surface area contributed by atoms with Gasteiger partial charge in [-0.25, -0.2) is 0 Å². The first-order valence-corrected chi connectivity index (χ1v) is 6.75. The van der Waals surface area contributed by atoms with Gasteiger partial charge in [-0.2, -0.15) is 0 Å². The summed E-state index contributed by atoms with van der Waals surface area (Å²) < 4.78 is 0. The van der Waals surface area contributed by atoms with Gasteiger partial charge in [0.15, 0.2) is 0 Å². The number of nitrogens with zero attached hydrogens (tertiary/aromatic N) is 2. The summed E-state index contributed by atoms with van der Waals surface area (Å²) in [5, 5.41) is 11.6. The van der Waals surface area contributed by atoms with E-state index in [1.807, 2.05) is 51.1 Å². The highest BCUT2D eigenvalue weighted by atomic mass is 16.4. The van der Waals surface area contributed by atoms with Crippen LogP contribution in [0.3, 0.4) is 0 Å². The molecule has 3 N–H and O–H groups in total. The zero-order valence-corrected chi connectivity index (χ0v) is 12.3. The maximum Gasteiger partial charge on any atom is 0.232 e. The SMILES string of the molecule is CCC(C)(C)C(=O)N(CCC(N)=NO)c1ccccc1. The number of anilines is 1. The van der Waals surface area contributed by atoms with Gasteiger partial charge in [0.25, 0.3) is 0 Å². The summed E-state index contributed by atoms with van der Waals surface area (Å²) in [6.07, 6.45) is 1.08. The minimum absolute atomic E-state index is 0.0388. The van der Waals surface area contributed by atoms with Crippen LogP contribution in [0.4, 0.5) is 5.69 Å². The predicted molar refractivity (Wildman–Crippen MR) is 80.9 cm³/mol. The highest BCUT2D eigenvalue weighted by molar-refractivity contribution is 5.97. The lowest BCUT2D eigenvalue weighted by Gasteiger charge is -2.31. The van der Waals surface area contributed by atoms with E-state index in [4.69, 9.17) is 10.9 Å². The summed E-state index contributed by atoms with van der Waals surface area (Å²) in [7, 11) is 0. The molecule has 0 saturated carbocycles. The molecule has 20 heavy (non-hydrogen) atoms. The number of rotatable bonds is 6. The first-order chi connectivity index (χ1) is 9.42. The highest BCUT2D eigenvalue weighted by Crippen LogP contribution is 2.26. The van der Waals surface area contributed by atoms with Crippen molar-refractivity contribution in [1.82, 2.24) is 0 Å². The van der Waals surface area contributed by atoms with E-state index >= 15 is 0 Å².